The van der Waals surface area contributed by atoms with Crippen LogP contribution in [0, 0.1) is 0 Å². The van der Waals surface area contributed by atoms with Crippen LogP contribution >= 0.6 is 33.3 Å². The molecule has 1 fully saturated rings. The zero-order chi connectivity index (χ0) is 6.69. The first-order valence-corrected chi connectivity index (χ1v) is 6.59. The largest absolute Gasteiger partial charge is 0.146 e. The topological polar surface area (TPSA) is 0 Å². The molecule has 1 heterocycles. The van der Waals surface area contributed by atoms with E-state index < -0.39 is 0 Å². The highest BCUT2D eigenvalue weighted by molar-refractivity contribution is 8.79. The summed E-state index contributed by atoms with van der Waals surface area (Å²) in [6.45, 7) is 4.57. The van der Waals surface area contributed by atoms with E-state index in [-0.39, 0.29) is 0 Å². The van der Waals surface area contributed by atoms with Crippen molar-refractivity contribution >= 4 is 33.3 Å². The summed E-state index contributed by atoms with van der Waals surface area (Å²) in [6.07, 6.45) is 1.31. The summed E-state index contributed by atoms with van der Waals surface area (Å²) in [5.41, 5.74) is 0. The first-order chi connectivity index (χ1) is 4.33. The second-order valence-electron chi connectivity index (χ2n) is 2.17. The normalized spacial score (nSPS) is 36.7. The van der Waals surface area contributed by atoms with Crippen molar-refractivity contribution in [3.8, 4) is 0 Å². The van der Waals surface area contributed by atoms with E-state index in [1.807, 2.05) is 10.8 Å². The van der Waals surface area contributed by atoms with Crippen molar-refractivity contribution in [2.45, 2.75) is 30.1 Å². The zero-order valence-corrected chi connectivity index (χ0v) is 8.24. The van der Waals surface area contributed by atoms with E-state index in [2.05, 4.69) is 36.4 Å². The van der Waals surface area contributed by atoms with Gasteiger partial charge in [-0.1, -0.05) is 35.4 Å². The van der Waals surface area contributed by atoms with Gasteiger partial charge in [0.15, 0.2) is 0 Å². The van der Waals surface area contributed by atoms with E-state index in [9.17, 15) is 0 Å². The van der Waals surface area contributed by atoms with Gasteiger partial charge in [0.05, 0.1) is 4.58 Å². The third kappa shape index (κ3) is 2.64. The van der Waals surface area contributed by atoms with Crippen LogP contribution in [-0.2, 0) is 0 Å². The number of hydrogen-bond acceptors (Lipinski definition) is 3. The second-order valence-corrected chi connectivity index (χ2v) is 6.62. The Kier molecular flexibility index (Phi) is 3.66. The summed E-state index contributed by atoms with van der Waals surface area (Å²) in [5, 5.41) is 0.864. The molecule has 2 atom stereocenters. The van der Waals surface area contributed by atoms with Crippen molar-refractivity contribution in [2.75, 3.05) is 5.75 Å². The molecule has 0 N–H and O–H groups in total. The minimum Gasteiger partial charge on any atom is -0.146 e. The lowest BCUT2D eigenvalue weighted by Crippen LogP contribution is -2.09. The molecule has 0 aromatic heterocycles. The van der Waals surface area contributed by atoms with Gasteiger partial charge >= 0.3 is 0 Å². The van der Waals surface area contributed by atoms with Crippen LogP contribution in [-0.4, -0.2) is 15.6 Å². The molecule has 1 saturated heterocycles. The molecule has 1 aliphatic rings. The van der Waals surface area contributed by atoms with Gasteiger partial charge in [0.1, 0.15) is 0 Å². The highest BCUT2D eigenvalue weighted by Gasteiger charge is 2.17. The minimum absolute atomic E-state index is 0.864. The van der Waals surface area contributed by atoms with Gasteiger partial charge in [0.25, 0.3) is 0 Å². The van der Waals surface area contributed by atoms with Gasteiger partial charge in [0.2, 0.25) is 0 Å². The third-order valence-corrected chi connectivity index (χ3v) is 7.02. The summed E-state index contributed by atoms with van der Waals surface area (Å²) < 4.78 is 0.867. The summed E-state index contributed by atoms with van der Waals surface area (Å²) in [6, 6.07) is 0. The summed E-state index contributed by atoms with van der Waals surface area (Å²) >= 11 is 2.11. The molecule has 1 rings (SSSR count). The number of rotatable bonds is 1. The Morgan fingerprint density at radius 3 is 2.67 bits per heavy atom. The Morgan fingerprint density at radius 1 is 1.44 bits per heavy atom. The molecule has 1 aliphatic heterocycles. The van der Waals surface area contributed by atoms with Crippen molar-refractivity contribution in [3.05, 3.63) is 0 Å². The van der Waals surface area contributed by atoms with Crippen molar-refractivity contribution in [2.24, 2.45) is 0 Å². The Balaban J connectivity index is 2.18. The fourth-order valence-electron chi connectivity index (χ4n) is 0.641. The Hall–Kier alpha value is 1.05. The number of thioether (sulfide) groups is 1. The standard InChI is InChI=1S/C6H12S3/c1-3-6-7-4-5(2)8-9-6/h5-6H,3-4H2,1-2H3. The fourth-order valence-corrected chi connectivity index (χ4v) is 5.49. The maximum Gasteiger partial charge on any atom is 0.0604 e. The van der Waals surface area contributed by atoms with Crippen LogP contribution in [0.4, 0.5) is 0 Å². The average molecular weight is 180 g/mol. The van der Waals surface area contributed by atoms with E-state index in [1.165, 1.54) is 12.2 Å². The van der Waals surface area contributed by atoms with Gasteiger partial charge in [-0.05, 0) is 6.42 Å². The van der Waals surface area contributed by atoms with Crippen molar-refractivity contribution in [1.29, 1.82) is 0 Å². The molecule has 0 spiro atoms. The molecule has 0 bridgehead atoms. The number of hydrogen-bond donors (Lipinski definition) is 0. The van der Waals surface area contributed by atoms with Gasteiger partial charge in [-0.25, -0.2) is 0 Å². The van der Waals surface area contributed by atoms with Gasteiger partial charge in [-0.2, -0.15) is 0 Å². The highest BCUT2D eigenvalue weighted by Crippen LogP contribution is 2.44. The summed E-state index contributed by atoms with van der Waals surface area (Å²) in [4.78, 5) is 0. The third-order valence-electron chi connectivity index (χ3n) is 1.18. The average Bonchev–Trinajstić information content (AvgIpc) is 1.90. The van der Waals surface area contributed by atoms with E-state index in [1.54, 1.807) is 0 Å². The Bertz CT molecular complexity index is 76.4. The quantitative estimate of drug-likeness (QED) is 0.569. The van der Waals surface area contributed by atoms with Crippen LogP contribution in [0.2, 0.25) is 0 Å². The Labute approximate surface area is 69.3 Å². The second kappa shape index (κ2) is 4.04. The van der Waals surface area contributed by atoms with Gasteiger partial charge < -0.3 is 0 Å². The lowest BCUT2D eigenvalue weighted by Gasteiger charge is -2.22. The fraction of sp³-hybridized carbons (Fsp3) is 1.00. The van der Waals surface area contributed by atoms with Crippen LogP contribution in [0.5, 0.6) is 0 Å². The van der Waals surface area contributed by atoms with Gasteiger partial charge in [0, 0.05) is 11.0 Å². The first-order valence-electron chi connectivity index (χ1n) is 3.26. The maximum absolute atomic E-state index is 2.30. The predicted molar refractivity (Wildman–Crippen MR) is 51.2 cm³/mol. The summed E-state index contributed by atoms with van der Waals surface area (Å²) in [5.74, 6) is 1.34. The van der Waals surface area contributed by atoms with Crippen molar-refractivity contribution in [3.63, 3.8) is 0 Å². The van der Waals surface area contributed by atoms with Crippen molar-refractivity contribution in [1.82, 2.24) is 0 Å². The molecule has 0 saturated carbocycles. The highest BCUT2D eigenvalue weighted by atomic mass is 33.1. The molecule has 54 valence electrons. The molecule has 0 nitrogen and oxygen atoms in total. The molecule has 9 heavy (non-hydrogen) atoms. The van der Waals surface area contributed by atoms with E-state index in [0.717, 1.165) is 9.83 Å². The Morgan fingerprint density at radius 2 is 2.22 bits per heavy atom. The van der Waals surface area contributed by atoms with E-state index >= 15 is 0 Å². The predicted octanol–water partition coefficient (Wildman–Crippen LogP) is 3.24. The SMILES string of the molecule is CCC1SCC(C)SS1. The molecule has 0 amide bonds. The van der Waals surface area contributed by atoms with Gasteiger partial charge in [-0.3, -0.25) is 0 Å². The van der Waals surface area contributed by atoms with Crippen LogP contribution in [0.25, 0.3) is 0 Å². The maximum atomic E-state index is 2.30. The molecule has 3 heteroatoms. The van der Waals surface area contributed by atoms with Gasteiger partial charge in [-0.15, -0.1) is 11.8 Å². The molecular weight excluding hydrogens is 168 g/mol. The van der Waals surface area contributed by atoms with Crippen LogP contribution < -0.4 is 0 Å². The lowest BCUT2D eigenvalue weighted by molar-refractivity contribution is 1.04. The minimum atomic E-state index is 0.864. The van der Waals surface area contributed by atoms with Crippen LogP contribution in [0.3, 0.4) is 0 Å². The smallest absolute Gasteiger partial charge is 0.0604 e. The van der Waals surface area contributed by atoms with Crippen LogP contribution in [0.15, 0.2) is 0 Å². The monoisotopic (exact) mass is 180 g/mol. The molecule has 0 aromatic carbocycles. The lowest BCUT2D eigenvalue weighted by atomic mass is 10.6. The first kappa shape index (κ1) is 8.15. The molecular formula is C6H12S3. The van der Waals surface area contributed by atoms with Crippen molar-refractivity contribution < 1.29 is 0 Å². The van der Waals surface area contributed by atoms with E-state index in [0.29, 0.717) is 0 Å². The molecule has 2 unspecified atom stereocenters. The summed E-state index contributed by atoms with van der Waals surface area (Å²) in [7, 11) is 4.10. The van der Waals surface area contributed by atoms with Crippen LogP contribution in [0.1, 0.15) is 20.3 Å². The molecule has 0 aliphatic carbocycles. The molecule has 0 aromatic rings. The molecule has 0 radical (unpaired) electrons. The van der Waals surface area contributed by atoms with E-state index in [4.69, 9.17) is 0 Å². The zero-order valence-electron chi connectivity index (χ0n) is 5.79.